The normalized spacial score (nSPS) is 12.6. The van der Waals surface area contributed by atoms with E-state index in [1.165, 1.54) is 0 Å². The fraction of sp³-hybridized carbons (Fsp3) is 0.286. The van der Waals surface area contributed by atoms with E-state index in [-0.39, 0.29) is 23.5 Å². The van der Waals surface area contributed by atoms with Gasteiger partial charge in [-0.1, -0.05) is 0 Å². The first kappa shape index (κ1) is 18.8. The number of fused-ring (bicyclic) bond motifs is 1. The molecular formula is C21H22N4O4. The van der Waals surface area contributed by atoms with Crippen molar-refractivity contribution in [1.82, 2.24) is 20.1 Å². The Kier molecular flexibility index (Phi) is 4.84. The Morgan fingerprint density at radius 1 is 1.21 bits per heavy atom. The van der Waals surface area contributed by atoms with E-state index in [2.05, 4.69) is 15.5 Å². The maximum Gasteiger partial charge on any atom is 0.289 e. The molecule has 3 aromatic rings. The summed E-state index contributed by atoms with van der Waals surface area (Å²) in [5.74, 6) is 1.61. The minimum Gasteiger partial charge on any atom is -0.507 e. The summed E-state index contributed by atoms with van der Waals surface area (Å²) in [5, 5.41) is 22.0. The maximum atomic E-state index is 12.7. The first-order chi connectivity index (χ1) is 14.0. The van der Waals surface area contributed by atoms with Crippen LogP contribution in [-0.2, 0) is 6.42 Å². The number of aromatic hydroxyl groups is 1. The molecule has 0 atom stereocenters. The average molecular weight is 394 g/mol. The highest BCUT2D eigenvalue weighted by Crippen LogP contribution is 2.40. The second kappa shape index (κ2) is 7.46. The Hall–Kier alpha value is -3.55. The zero-order chi connectivity index (χ0) is 20.5. The lowest BCUT2D eigenvalue weighted by Gasteiger charge is -2.14. The number of carbonyl (C=O) groups is 1. The van der Waals surface area contributed by atoms with Crippen LogP contribution in [0.3, 0.4) is 0 Å². The van der Waals surface area contributed by atoms with Crippen LogP contribution in [0.5, 0.6) is 17.2 Å². The standard InChI is InChI=1S/C21H22N4O4/c1-12(2)22-21(27)20-24-23-19(25(20)13-4-6-14(28-3)7-5-13)16-8-9-17-15(18(16)26)10-11-29-17/h4-9,12,26H,10-11H2,1-3H3,(H,22,27). The van der Waals surface area contributed by atoms with Gasteiger partial charge in [0.15, 0.2) is 5.82 Å². The molecule has 0 radical (unpaired) electrons. The van der Waals surface area contributed by atoms with Crippen LogP contribution < -0.4 is 14.8 Å². The first-order valence-corrected chi connectivity index (χ1v) is 9.38. The third-order valence-corrected chi connectivity index (χ3v) is 4.71. The van der Waals surface area contributed by atoms with Gasteiger partial charge in [0, 0.05) is 23.7 Å². The van der Waals surface area contributed by atoms with Crippen molar-refractivity contribution in [2.45, 2.75) is 26.3 Å². The number of phenolic OH excluding ortho intramolecular Hbond substituents is 1. The lowest BCUT2D eigenvalue weighted by Crippen LogP contribution is -2.32. The van der Waals surface area contributed by atoms with Crippen LogP contribution in [0.2, 0.25) is 0 Å². The van der Waals surface area contributed by atoms with Crippen LogP contribution in [0.1, 0.15) is 30.0 Å². The van der Waals surface area contributed by atoms with Crippen molar-refractivity contribution in [3.8, 4) is 34.3 Å². The molecule has 0 bridgehead atoms. The first-order valence-electron chi connectivity index (χ1n) is 9.38. The smallest absolute Gasteiger partial charge is 0.289 e. The summed E-state index contributed by atoms with van der Waals surface area (Å²) in [7, 11) is 1.59. The van der Waals surface area contributed by atoms with Crippen molar-refractivity contribution >= 4 is 5.91 Å². The van der Waals surface area contributed by atoms with Crippen molar-refractivity contribution in [3.63, 3.8) is 0 Å². The van der Waals surface area contributed by atoms with Crippen LogP contribution in [0.25, 0.3) is 17.1 Å². The SMILES string of the molecule is COc1ccc(-n2c(C(=O)NC(C)C)nnc2-c2ccc3c(c2O)CCO3)cc1. The number of aromatic nitrogens is 3. The highest BCUT2D eigenvalue weighted by molar-refractivity contribution is 5.92. The monoisotopic (exact) mass is 394 g/mol. The van der Waals surface area contributed by atoms with Gasteiger partial charge in [0.25, 0.3) is 5.91 Å². The molecule has 1 amide bonds. The van der Waals surface area contributed by atoms with Crippen molar-refractivity contribution in [1.29, 1.82) is 0 Å². The lowest BCUT2D eigenvalue weighted by molar-refractivity contribution is 0.0930. The fourth-order valence-electron chi connectivity index (χ4n) is 3.35. The highest BCUT2D eigenvalue weighted by Gasteiger charge is 2.26. The van der Waals surface area contributed by atoms with E-state index in [1.807, 2.05) is 26.0 Å². The summed E-state index contributed by atoms with van der Waals surface area (Å²) >= 11 is 0. The van der Waals surface area contributed by atoms with Crippen molar-refractivity contribution in [2.24, 2.45) is 0 Å². The molecule has 0 saturated carbocycles. The van der Waals surface area contributed by atoms with E-state index in [4.69, 9.17) is 9.47 Å². The summed E-state index contributed by atoms with van der Waals surface area (Å²) in [6.07, 6.45) is 0.617. The molecule has 2 N–H and O–H groups in total. The highest BCUT2D eigenvalue weighted by atomic mass is 16.5. The molecule has 8 nitrogen and oxygen atoms in total. The van der Waals surface area contributed by atoms with Gasteiger partial charge in [-0.15, -0.1) is 10.2 Å². The van der Waals surface area contributed by atoms with Crippen molar-refractivity contribution < 1.29 is 19.4 Å². The van der Waals surface area contributed by atoms with E-state index < -0.39 is 0 Å². The fourth-order valence-corrected chi connectivity index (χ4v) is 3.35. The molecule has 1 aromatic heterocycles. The van der Waals surface area contributed by atoms with Gasteiger partial charge in [0.2, 0.25) is 5.82 Å². The number of amides is 1. The predicted molar refractivity (Wildman–Crippen MR) is 107 cm³/mol. The number of carbonyl (C=O) groups excluding carboxylic acids is 1. The molecule has 1 aliphatic heterocycles. The predicted octanol–water partition coefficient (Wildman–Crippen LogP) is 2.72. The van der Waals surface area contributed by atoms with E-state index >= 15 is 0 Å². The number of nitrogens with one attached hydrogen (secondary N) is 1. The van der Waals surface area contributed by atoms with E-state index in [0.717, 1.165) is 5.56 Å². The van der Waals surface area contributed by atoms with Gasteiger partial charge >= 0.3 is 0 Å². The average Bonchev–Trinajstić information content (AvgIpc) is 3.35. The number of nitrogens with zero attached hydrogens (tertiary/aromatic N) is 3. The molecule has 0 fully saturated rings. The second-order valence-corrected chi connectivity index (χ2v) is 7.05. The molecule has 0 aliphatic carbocycles. The molecule has 4 rings (SSSR count). The number of rotatable bonds is 5. The van der Waals surface area contributed by atoms with Gasteiger partial charge < -0.3 is 19.9 Å². The maximum absolute atomic E-state index is 12.7. The molecular weight excluding hydrogens is 372 g/mol. The Morgan fingerprint density at radius 2 is 1.97 bits per heavy atom. The molecule has 0 saturated heterocycles. The summed E-state index contributed by atoms with van der Waals surface area (Å²) in [5.41, 5.74) is 1.90. The Morgan fingerprint density at radius 3 is 2.66 bits per heavy atom. The van der Waals surface area contributed by atoms with Gasteiger partial charge in [-0.3, -0.25) is 9.36 Å². The number of hydrogen-bond donors (Lipinski definition) is 2. The topological polar surface area (TPSA) is 98.5 Å². The second-order valence-electron chi connectivity index (χ2n) is 7.05. The quantitative estimate of drug-likeness (QED) is 0.690. The van der Waals surface area contributed by atoms with Gasteiger partial charge in [0.05, 0.1) is 19.3 Å². The summed E-state index contributed by atoms with van der Waals surface area (Å²) in [6, 6.07) is 10.7. The third-order valence-electron chi connectivity index (χ3n) is 4.71. The zero-order valence-electron chi connectivity index (χ0n) is 16.5. The molecule has 1 aliphatic rings. The lowest BCUT2D eigenvalue weighted by atomic mass is 10.1. The van der Waals surface area contributed by atoms with Gasteiger partial charge in [0.1, 0.15) is 17.2 Å². The van der Waals surface area contributed by atoms with Crippen molar-refractivity contribution in [2.75, 3.05) is 13.7 Å². The third kappa shape index (κ3) is 3.37. The number of phenols is 1. The number of benzene rings is 2. The van der Waals surface area contributed by atoms with E-state index in [1.54, 1.807) is 35.9 Å². The molecule has 0 unspecified atom stereocenters. The van der Waals surface area contributed by atoms with Crippen LogP contribution in [-0.4, -0.2) is 45.5 Å². The minimum atomic E-state index is -0.349. The van der Waals surface area contributed by atoms with Crippen LogP contribution in [0, 0.1) is 0 Å². The Balaban J connectivity index is 1.88. The summed E-state index contributed by atoms with van der Waals surface area (Å²) in [6.45, 7) is 4.28. The van der Waals surface area contributed by atoms with Gasteiger partial charge in [-0.05, 0) is 50.2 Å². The van der Waals surface area contributed by atoms with E-state index in [9.17, 15) is 9.90 Å². The van der Waals surface area contributed by atoms with Crippen LogP contribution in [0.4, 0.5) is 0 Å². The van der Waals surface area contributed by atoms with E-state index in [0.29, 0.717) is 41.6 Å². The largest absolute Gasteiger partial charge is 0.507 e. The molecule has 150 valence electrons. The summed E-state index contributed by atoms with van der Waals surface area (Å²) < 4.78 is 12.4. The van der Waals surface area contributed by atoms with Crippen LogP contribution in [0.15, 0.2) is 36.4 Å². The van der Waals surface area contributed by atoms with Crippen LogP contribution >= 0.6 is 0 Å². The number of ether oxygens (including phenoxy) is 2. The molecule has 0 spiro atoms. The molecule has 29 heavy (non-hydrogen) atoms. The molecule has 8 heteroatoms. The zero-order valence-corrected chi connectivity index (χ0v) is 16.5. The molecule has 2 aromatic carbocycles. The van der Waals surface area contributed by atoms with Crippen molar-refractivity contribution in [3.05, 3.63) is 47.8 Å². The Labute approximate surface area is 168 Å². The summed E-state index contributed by atoms with van der Waals surface area (Å²) in [4.78, 5) is 12.7. The number of methoxy groups -OCH3 is 1. The van der Waals surface area contributed by atoms with Gasteiger partial charge in [-0.25, -0.2) is 0 Å². The number of hydrogen-bond acceptors (Lipinski definition) is 6. The molecule has 2 heterocycles. The minimum absolute atomic E-state index is 0.0579. The Bertz CT molecular complexity index is 1060. The van der Waals surface area contributed by atoms with Gasteiger partial charge in [-0.2, -0.15) is 0 Å².